The van der Waals surface area contributed by atoms with E-state index in [0.717, 1.165) is 19.3 Å². The topological polar surface area (TPSA) is 34.1 Å². The van der Waals surface area contributed by atoms with E-state index in [1.807, 2.05) is 0 Å². The second-order valence-electron chi connectivity index (χ2n) is 8.82. The van der Waals surface area contributed by atoms with Crippen LogP contribution in [-0.4, -0.2) is 11.6 Å². The van der Waals surface area contributed by atoms with Gasteiger partial charge in [0.25, 0.3) is 0 Å². The normalized spacial score (nSPS) is 48.3. The molecule has 0 heterocycles. The third-order valence-corrected chi connectivity index (χ3v) is 7.86. The molecule has 0 unspecified atom stereocenters. The Morgan fingerprint density at radius 1 is 1.22 bits per heavy atom. The Morgan fingerprint density at radius 2 is 2.00 bits per heavy atom. The number of ketones is 2. The van der Waals surface area contributed by atoms with Gasteiger partial charge in [-0.25, -0.2) is 0 Å². The molecule has 0 aliphatic heterocycles. The van der Waals surface area contributed by atoms with Crippen molar-refractivity contribution in [3.63, 3.8) is 0 Å². The van der Waals surface area contributed by atoms with Gasteiger partial charge in [-0.1, -0.05) is 37.6 Å². The molecule has 0 radical (unpaired) electrons. The quantitative estimate of drug-likeness (QED) is 0.528. The summed E-state index contributed by atoms with van der Waals surface area (Å²) in [6, 6.07) is 0. The summed E-state index contributed by atoms with van der Waals surface area (Å²) in [5, 5.41) is 0. The minimum Gasteiger partial charge on any atom is -0.299 e. The lowest BCUT2D eigenvalue weighted by Gasteiger charge is -2.56. The maximum Gasteiger partial charge on any atom is 0.144 e. The van der Waals surface area contributed by atoms with Crippen LogP contribution in [0.4, 0.5) is 0 Å². The summed E-state index contributed by atoms with van der Waals surface area (Å²) in [6.07, 6.45) is 13.5. The Kier molecular flexibility index (Phi) is 3.28. The van der Waals surface area contributed by atoms with E-state index in [1.165, 1.54) is 12.8 Å². The van der Waals surface area contributed by atoms with Gasteiger partial charge in [-0.05, 0) is 62.2 Å². The molecule has 0 aromatic carbocycles. The van der Waals surface area contributed by atoms with E-state index in [4.69, 9.17) is 0 Å². The van der Waals surface area contributed by atoms with Gasteiger partial charge in [0.05, 0.1) is 5.92 Å². The van der Waals surface area contributed by atoms with Crippen LogP contribution in [-0.2, 0) is 9.59 Å². The Hall–Kier alpha value is -1.18. The van der Waals surface area contributed by atoms with E-state index in [9.17, 15) is 9.59 Å². The van der Waals surface area contributed by atoms with Gasteiger partial charge in [-0.2, -0.15) is 0 Å². The first-order valence-corrected chi connectivity index (χ1v) is 9.28. The number of hydrogen-bond donors (Lipinski definition) is 0. The molecule has 3 fully saturated rings. The molecule has 0 bridgehead atoms. The van der Waals surface area contributed by atoms with E-state index in [2.05, 4.69) is 32.1 Å². The van der Waals surface area contributed by atoms with Crippen molar-refractivity contribution in [1.82, 2.24) is 0 Å². The fourth-order valence-electron chi connectivity index (χ4n) is 6.82. The maximum atomic E-state index is 12.6. The molecule has 124 valence electrons. The second-order valence-corrected chi connectivity index (χ2v) is 8.82. The fourth-order valence-corrected chi connectivity index (χ4v) is 6.82. The smallest absolute Gasteiger partial charge is 0.144 e. The Bertz CT molecular complexity index is 628. The number of fused-ring (bicyclic) bond motifs is 5. The van der Waals surface area contributed by atoms with Crippen molar-refractivity contribution >= 4 is 11.6 Å². The van der Waals surface area contributed by atoms with Gasteiger partial charge in [-0.3, -0.25) is 9.59 Å². The van der Waals surface area contributed by atoms with E-state index in [1.54, 1.807) is 12.5 Å². The highest BCUT2D eigenvalue weighted by Gasteiger charge is 2.61. The number of rotatable bonds is 1. The van der Waals surface area contributed by atoms with Crippen molar-refractivity contribution in [2.24, 2.45) is 34.5 Å². The average Bonchev–Trinajstić information content (AvgIpc) is 2.77. The molecule has 3 saturated carbocycles. The van der Waals surface area contributed by atoms with Crippen LogP contribution in [0.5, 0.6) is 0 Å². The Morgan fingerprint density at radius 3 is 2.74 bits per heavy atom. The maximum absolute atomic E-state index is 12.6. The lowest BCUT2D eigenvalue weighted by Crippen LogP contribution is -2.50. The Labute approximate surface area is 139 Å². The molecule has 23 heavy (non-hydrogen) atoms. The Balaban J connectivity index is 1.71. The third kappa shape index (κ3) is 1.93. The van der Waals surface area contributed by atoms with Gasteiger partial charge >= 0.3 is 0 Å². The standard InChI is InChI=1S/C21H28O2/c1-13(22)19-18(23)12-17-15-8-7-14-6-4-5-10-20(14,2)16(15)9-11-21(17,19)3/h5-6,10,15-17,19H,4,7-9,11-12H2,1-3H3/t15-,16+,17+,19+,20+,21+/m1/s1. The number of Topliss-reactive ketones (excluding diaryl/α,β-unsaturated/α-hetero) is 2. The minimum atomic E-state index is -0.333. The monoisotopic (exact) mass is 312 g/mol. The molecule has 0 saturated heterocycles. The van der Waals surface area contributed by atoms with Crippen molar-refractivity contribution in [2.75, 3.05) is 0 Å². The van der Waals surface area contributed by atoms with Gasteiger partial charge in [0, 0.05) is 11.8 Å². The lowest BCUT2D eigenvalue weighted by molar-refractivity contribution is -0.134. The van der Waals surface area contributed by atoms with E-state index < -0.39 is 0 Å². The number of carbonyl (C=O) groups is 2. The summed E-state index contributed by atoms with van der Waals surface area (Å²) >= 11 is 0. The van der Waals surface area contributed by atoms with Crippen LogP contribution in [0.2, 0.25) is 0 Å². The summed E-state index contributed by atoms with van der Waals surface area (Å²) in [4.78, 5) is 24.7. The zero-order valence-corrected chi connectivity index (χ0v) is 14.6. The molecular formula is C21H28O2. The van der Waals surface area contributed by atoms with Crippen molar-refractivity contribution < 1.29 is 9.59 Å². The third-order valence-electron chi connectivity index (χ3n) is 7.86. The molecule has 4 aliphatic carbocycles. The molecule has 2 nitrogen and oxygen atoms in total. The molecule has 0 N–H and O–H groups in total. The number of hydrogen-bond acceptors (Lipinski definition) is 2. The molecule has 4 rings (SSSR count). The predicted octanol–water partition coefficient (Wildman–Crippen LogP) is 4.50. The highest BCUT2D eigenvalue weighted by molar-refractivity contribution is 6.04. The highest BCUT2D eigenvalue weighted by atomic mass is 16.2. The van der Waals surface area contributed by atoms with E-state index in [0.29, 0.717) is 24.2 Å². The first-order chi connectivity index (χ1) is 10.9. The van der Waals surface area contributed by atoms with E-state index in [-0.39, 0.29) is 28.3 Å². The summed E-state index contributed by atoms with van der Waals surface area (Å²) in [5.74, 6) is 1.65. The van der Waals surface area contributed by atoms with Crippen LogP contribution in [0.15, 0.2) is 23.8 Å². The van der Waals surface area contributed by atoms with Crippen molar-refractivity contribution in [1.29, 1.82) is 0 Å². The molecule has 4 aliphatic rings. The summed E-state index contributed by atoms with van der Waals surface area (Å²) < 4.78 is 0. The number of carbonyl (C=O) groups excluding carboxylic acids is 2. The minimum absolute atomic E-state index is 0.0833. The predicted molar refractivity (Wildman–Crippen MR) is 90.8 cm³/mol. The van der Waals surface area contributed by atoms with Crippen LogP contribution in [0.1, 0.15) is 59.3 Å². The first kappa shape index (κ1) is 15.4. The van der Waals surface area contributed by atoms with Crippen LogP contribution >= 0.6 is 0 Å². The van der Waals surface area contributed by atoms with Crippen molar-refractivity contribution in [2.45, 2.75) is 59.3 Å². The zero-order valence-electron chi connectivity index (χ0n) is 14.6. The van der Waals surface area contributed by atoms with Gasteiger partial charge in [0.15, 0.2) is 0 Å². The van der Waals surface area contributed by atoms with E-state index >= 15 is 0 Å². The fraction of sp³-hybridized carbons (Fsp3) is 0.714. The molecule has 0 spiro atoms. The largest absolute Gasteiger partial charge is 0.299 e. The summed E-state index contributed by atoms with van der Waals surface area (Å²) in [6.45, 7) is 6.26. The van der Waals surface area contributed by atoms with Crippen molar-refractivity contribution in [3.05, 3.63) is 23.8 Å². The zero-order chi connectivity index (χ0) is 16.4. The molecule has 6 atom stereocenters. The van der Waals surface area contributed by atoms with Crippen LogP contribution in [0, 0.1) is 34.5 Å². The lowest BCUT2D eigenvalue weighted by atomic mass is 9.47. The number of allylic oxidation sites excluding steroid dienone is 4. The van der Waals surface area contributed by atoms with Gasteiger partial charge < -0.3 is 0 Å². The molecular weight excluding hydrogens is 284 g/mol. The molecule has 0 aromatic rings. The summed E-state index contributed by atoms with van der Waals surface area (Å²) in [7, 11) is 0. The van der Waals surface area contributed by atoms with Gasteiger partial charge in [0.1, 0.15) is 11.6 Å². The summed E-state index contributed by atoms with van der Waals surface area (Å²) in [5.41, 5.74) is 1.73. The van der Waals surface area contributed by atoms with Crippen LogP contribution in [0.25, 0.3) is 0 Å². The molecule has 0 amide bonds. The second kappa shape index (κ2) is 4.91. The molecule has 0 aromatic heterocycles. The molecule has 2 heteroatoms. The van der Waals surface area contributed by atoms with Gasteiger partial charge in [0.2, 0.25) is 0 Å². The van der Waals surface area contributed by atoms with Crippen LogP contribution < -0.4 is 0 Å². The van der Waals surface area contributed by atoms with Crippen molar-refractivity contribution in [3.8, 4) is 0 Å². The first-order valence-electron chi connectivity index (χ1n) is 9.28. The highest BCUT2D eigenvalue weighted by Crippen LogP contribution is 2.65. The van der Waals surface area contributed by atoms with Gasteiger partial charge in [-0.15, -0.1) is 0 Å². The van der Waals surface area contributed by atoms with Crippen LogP contribution in [0.3, 0.4) is 0 Å². The SMILES string of the molecule is CC(=O)[C@H]1C(=O)C[C@H]2[C@@H]3CCC4=CCC=C[C@]4(C)[C@H]3CC[C@]12C. The average molecular weight is 312 g/mol.